The Morgan fingerprint density at radius 1 is 0.900 bits per heavy atom. The van der Waals surface area contributed by atoms with E-state index < -0.39 is 0 Å². The molecule has 0 spiro atoms. The fraction of sp³-hybridized carbons (Fsp3) is 0.600. The van der Waals surface area contributed by atoms with Crippen molar-refractivity contribution < 1.29 is 0 Å². The molecule has 1 aliphatic carbocycles. The Labute approximate surface area is 63.6 Å². The molecule has 0 radical (unpaired) electrons. The summed E-state index contributed by atoms with van der Waals surface area (Å²) < 4.78 is 0. The third-order valence-electron chi connectivity index (χ3n) is 2.18. The highest BCUT2D eigenvalue weighted by molar-refractivity contribution is 5.27. The molecule has 0 amide bonds. The average molecular weight is 136 g/mol. The van der Waals surface area contributed by atoms with Crippen molar-refractivity contribution in [2.45, 2.75) is 39.5 Å². The first-order valence-electron chi connectivity index (χ1n) is 4.14. The maximum atomic E-state index is 2.35. The molecular weight excluding hydrogens is 120 g/mol. The van der Waals surface area contributed by atoms with Gasteiger partial charge in [0.25, 0.3) is 0 Å². The van der Waals surface area contributed by atoms with Crippen molar-refractivity contribution in [2.24, 2.45) is 0 Å². The molecule has 0 atom stereocenters. The fourth-order valence-corrected chi connectivity index (χ4v) is 1.25. The molecule has 0 nitrogen and oxygen atoms in total. The standard InChI is InChI=1S/C10H16/c1-9-7-5-3-4-6-8-10(9)2/h7-8H,3-6H2,1-2H3. The van der Waals surface area contributed by atoms with Gasteiger partial charge in [-0.3, -0.25) is 0 Å². The van der Waals surface area contributed by atoms with Gasteiger partial charge in [-0.15, -0.1) is 0 Å². The minimum absolute atomic E-state index is 1.27. The van der Waals surface area contributed by atoms with E-state index in [1.54, 1.807) is 0 Å². The van der Waals surface area contributed by atoms with E-state index in [2.05, 4.69) is 26.0 Å². The fourth-order valence-electron chi connectivity index (χ4n) is 1.25. The van der Waals surface area contributed by atoms with Gasteiger partial charge >= 0.3 is 0 Å². The van der Waals surface area contributed by atoms with Crippen LogP contribution in [0.25, 0.3) is 0 Å². The summed E-state index contributed by atoms with van der Waals surface area (Å²) in [7, 11) is 0. The van der Waals surface area contributed by atoms with Gasteiger partial charge in [0, 0.05) is 0 Å². The summed E-state index contributed by atoms with van der Waals surface area (Å²) in [5.41, 5.74) is 2.94. The second-order valence-electron chi connectivity index (χ2n) is 3.06. The normalized spacial score (nSPS) is 20.6. The molecule has 0 N–H and O–H groups in total. The van der Waals surface area contributed by atoms with E-state index in [1.807, 2.05) is 0 Å². The largest absolute Gasteiger partial charge is 0.0813 e. The maximum absolute atomic E-state index is 2.35. The molecule has 0 bridgehead atoms. The van der Waals surface area contributed by atoms with Gasteiger partial charge in [0.1, 0.15) is 0 Å². The zero-order chi connectivity index (χ0) is 7.40. The molecule has 0 unspecified atom stereocenters. The number of rotatable bonds is 0. The molecule has 0 saturated heterocycles. The minimum Gasteiger partial charge on any atom is -0.0813 e. The zero-order valence-electron chi connectivity index (χ0n) is 6.98. The second-order valence-corrected chi connectivity index (χ2v) is 3.06. The summed E-state index contributed by atoms with van der Waals surface area (Å²) in [6.07, 6.45) is 9.98. The summed E-state index contributed by atoms with van der Waals surface area (Å²) in [6.45, 7) is 4.41. The van der Waals surface area contributed by atoms with Gasteiger partial charge < -0.3 is 0 Å². The third-order valence-corrected chi connectivity index (χ3v) is 2.18. The van der Waals surface area contributed by atoms with Crippen LogP contribution in [-0.2, 0) is 0 Å². The molecule has 0 fully saturated rings. The van der Waals surface area contributed by atoms with Gasteiger partial charge in [0.05, 0.1) is 0 Å². The molecule has 10 heavy (non-hydrogen) atoms. The van der Waals surface area contributed by atoms with Gasteiger partial charge in [-0.25, -0.2) is 0 Å². The van der Waals surface area contributed by atoms with Crippen LogP contribution in [-0.4, -0.2) is 0 Å². The summed E-state index contributed by atoms with van der Waals surface area (Å²) in [4.78, 5) is 0. The molecule has 1 rings (SSSR count). The van der Waals surface area contributed by atoms with Crippen molar-refractivity contribution >= 4 is 0 Å². The lowest BCUT2D eigenvalue weighted by molar-refractivity contribution is 0.750. The first-order valence-corrected chi connectivity index (χ1v) is 4.14. The van der Waals surface area contributed by atoms with E-state index >= 15 is 0 Å². The lowest BCUT2D eigenvalue weighted by Crippen LogP contribution is -1.85. The Bertz CT molecular complexity index is 141. The molecule has 0 aromatic rings. The highest BCUT2D eigenvalue weighted by atomic mass is 14.0. The van der Waals surface area contributed by atoms with Crippen LogP contribution in [0.3, 0.4) is 0 Å². The van der Waals surface area contributed by atoms with Crippen molar-refractivity contribution in [3.05, 3.63) is 23.3 Å². The molecule has 0 saturated carbocycles. The highest BCUT2D eigenvalue weighted by Crippen LogP contribution is 2.16. The van der Waals surface area contributed by atoms with Gasteiger partial charge in [-0.1, -0.05) is 23.3 Å². The van der Waals surface area contributed by atoms with Crippen LogP contribution in [0.2, 0.25) is 0 Å². The molecule has 0 aromatic carbocycles. The van der Waals surface area contributed by atoms with Gasteiger partial charge in [-0.2, -0.15) is 0 Å². The Morgan fingerprint density at radius 3 is 1.70 bits per heavy atom. The Morgan fingerprint density at radius 2 is 1.30 bits per heavy atom. The van der Waals surface area contributed by atoms with Crippen molar-refractivity contribution in [3.63, 3.8) is 0 Å². The summed E-state index contributed by atoms with van der Waals surface area (Å²) in [6, 6.07) is 0. The van der Waals surface area contributed by atoms with Crippen LogP contribution in [0.1, 0.15) is 39.5 Å². The summed E-state index contributed by atoms with van der Waals surface area (Å²) in [5, 5.41) is 0. The highest BCUT2D eigenvalue weighted by Gasteiger charge is 1.95. The maximum Gasteiger partial charge on any atom is -0.0345 e. The quantitative estimate of drug-likeness (QED) is 0.478. The predicted molar refractivity (Wildman–Crippen MR) is 46.0 cm³/mol. The zero-order valence-corrected chi connectivity index (χ0v) is 6.98. The van der Waals surface area contributed by atoms with Crippen LogP contribution >= 0.6 is 0 Å². The topological polar surface area (TPSA) is 0 Å². The average Bonchev–Trinajstić information content (AvgIpc) is 1.92. The van der Waals surface area contributed by atoms with Gasteiger partial charge in [-0.05, 0) is 39.5 Å². The Hall–Kier alpha value is -0.520. The smallest absolute Gasteiger partial charge is 0.0345 e. The second kappa shape index (κ2) is 3.60. The first kappa shape index (κ1) is 7.59. The molecule has 0 aliphatic heterocycles. The van der Waals surface area contributed by atoms with E-state index in [0.29, 0.717) is 0 Å². The molecular formula is C10H16. The Kier molecular flexibility index (Phi) is 2.73. The first-order chi connectivity index (χ1) is 4.80. The van der Waals surface area contributed by atoms with Crippen LogP contribution in [0.5, 0.6) is 0 Å². The Balaban J connectivity index is 2.66. The van der Waals surface area contributed by atoms with Gasteiger partial charge in [0.15, 0.2) is 0 Å². The predicted octanol–water partition coefficient (Wildman–Crippen LogP) is 3.45. The van der Waals surface area contributed by atoms with E-state index in [-0.39, 0.29) is 0 Å². The lowest BCUT2D eigenvalue weighted by Gasteiger charge is -2.05. The van der Waals surface area contributed by atoms with Crippen LogP contribution in [0.15, 0.2) is 23.3 Å². The molecule has 56 valence electrons. The van der Waals surface area contributed by atoms with Crippen LogP contribution in [0.4, 0.5) is 0 Å². The van der Waals surface area contributed by atoms with Crippen molar-refractivity contribution in [1.29, 1.82) is 0 Å². The van der Waals surface area contributed by atoms with Crippen molar-refractivity contribution in [3.8, 4) is 0 Å². The molecule has 1 aliphatic rings. The SMILES string of the molecule is CC1=CCCCCC=C1C. The van der Waals surface area contributed by atoms with Crippen LogP contribution < -0.4 is 0 Å². The van der Waals surface area contributed by atoms with E-state index in [0.717, 1.165) is 0 Å². The summed E-state index contributed by atoms with van der Waals surface area (Å²) in [5.74, 6) is 0. The molecule has 0 heteroatoms. The van der Waals surface area contributed by atoms with Crippen molar-refractivity contribution in [1.82, 2.24) is 0 Å². The summed E-state index contributed by atoms with van der Waals surface area (Å²) >= 11 is 0. The number of hydrogen-bond acceptors (Lipinski definition) is 0. The van der Waals surface area contributed by atoms with E-state index in [4.69, 9.17) is 0 Å². The van der Waals surface area contributed by atoms with E-state index in [1.165, 1.54) is 36.8 Å². The van der Waals surface area contributed by atoms with Crippen LogP contribution in [0, 0.1) is 0 Å². The minimum atomic E-state index is 1.27. The third kappa shape index (κ3) is 2.02. The van der Waals surface area contributed by atoms with Crippen molar-refractivity contribution in [2.75, 3.05) is 0 Å². The number of allylic oxidation sites excluding steroid dienone is 4. The van der Waals surface area contributed by atoms with Gasteiger partial charge in [0.2, 0.25) is 0 Å². The molecule has 0 heterocycles. The lowest BCUT2D eigenvalue weighted by atomic mass is 10.0. The number of hydrogen-bond donors (Lipinski definition) is 0. The molecule has 0 aromatic heterocycles. The monoisotopic (exact) mass is 136 g/mol. The van der Waals surface area contributed by atoms with E-state index in [9.17, 15) is 0 Å².